The fourth-order valence-corrected chi connectivity index (χ4v) is 2.14. The van der Waals surface area contributed by atoms with Crippen LogP contribution in [-0.2, 0) is 0 Å². The number of hydrogen-bond donors (Lipinski definition) is 2. The van der Waals surface area contributed by atoms with Crippen LogP contribution in [0.15, 0.2) is 18.2 Å². The number of rotatable bonds is 5. The highest BCUT2D eigenvalue weighted by molar-refractivity contribution is 5.89. The van der Waals surface area contributed by atoms with E-state index in [0.717, 1.165) is 17.8 Å². The van der Waals surface area contributed by atoms with Crippen molar-refractivity contribution in [3.05, 3.63) is 29.3 Å². The van der Waals surface area contributed by atoms with Crippen LogP contribution in [0.25, 0.3) is 0 Å². The standard InChI is InChI=1S/C14H19NO2/c1-3-14(6-7-14)9-15-11-4-5-12(13(16)17)10(2)8-11/h4-5,8,15H,3,6-7,9H2,1-2H3,(H,16,17). The number of carboxylic acids is 1. The Morgan fingerprint density at radius 3 is 2.65 bits per heavy atom. The molecule has 0 heterocycles. The van der Waals surface area contributed by atoms with Crippen molar-refractivity contribution in [1.29, 1.82) is 0 Å². The van der Waals surface area contributed by atoms with Gasteiger partial charge in [0.05, 0.1) is 5.56 Å². The lowest BCUT2D eigenvalue weighted by Crippen LogP contribution is -2.14. The van der Waals surface area contributed by atoms with Gasteiger partial charge in [-0.15, -0.1) is 0 Å². The second-order valence-corrected chi connectivity index (χ2v) is 5.04. The van der Waals surface area contributed by atoms with Crippen LogP contribution in [0.4, 0.5) is 5.69 Å². The van der Waals surface area contributed by atoms with Crippen LogP contribution in [0, 0.1) is 12.3 Å². The fourth-order valence-electron chi connectivity index (χ4n) is 2.14. The van der Waals surface area contributed by atoms with Crippen molar-refractivity contribution in [2.45, 2.75) is 33.1 Å². The first-order valence-electron chi connectivity index (χ1n) is 6.14. The third kappa shape index (κ3) is 2.60. The predicted octanol–water partition coefficient (Wildman–Crippen LogP) is 3.30. The molecule has 2 N–H and O–H groups in total. The second kappa shape index (κ2) is 4.40. The molecule has 17 heavy (non-hydrogen) atoms. The number of hydrogen-bond acceptors (Lipinski definition) is 2. The Morgan fingerprint density at radius 2 is 2.18 bits per heavy atom. The molecule has 0 unspecified atom stereocenters. The first-order chi connectivity index (χ1) is 8.06. The van der Waals surface area contributed by atoms with Crippen LogP contribution < -0.4 is 5.32 Å². The van der Waals surface area contributed by atoms with Gasteiger partial charge in [-0.25, -0.2) is 4.79 Å². The predicted molar refractivity (Wildman–Crippen MR) is 68.6 cm³/mol. The molecule has 0 radical (unpaired) electrons. The molecule has 0 saturated heterocycles. The van der Waals surface area contributed by atoms with Crippen LogP contribution in [-0.4, -0.2) is 17.6 Å². The summed E-state index contributed by atoms with van der Waals surface area (Å²) in [6.45, 7) is 5.06. The van der Waals surface area contributed by atoms with Gasteiger partial charge < -0.3 is 10.4 Å². The van der Waals surface area contributed by atoms with E-state index in [1.54, 1.807) is 6.07 Å². The lowest BCUT2D eigenvalue weighted by Gasteiger charge is -2.15. The van der Waals surface area contributed by atoms with Crippen LogP contribution in [0.3, 0.4) is 0 Å². The summed E-state index contributed by atoms with van der Waals surface area (Å²) in [7, 11) is 0. The monoisotopic (exact) mass is 233 g/mol. The van der Waals surface area contributed by atoms with E-state index in [1.807, 2.05) is 19.1 Å². The van der Waals surface area contributed by atoms with Crippen molar-refractivity contribution in [3.63, 3.8) is 0 Å². The Morgan fingerprint density at radius 1 is 1.47 bits per heavy atom. The number of carbonyl (C=O) groups is 1. The average Bonchev–Trinajstić information content (AvgIpc) is 3.07. The van der Waals surface area contributed by atoms with Crippen LogP contribution in [0.5, 0.6) is 0 Å². The Bertz CT molecular complexity index is 436. The molecule has 0 amide bonds. The van der Waals surface area contributed by atoms with Crippen molar-refractivity contribution in [2.75, 3.05) is 11.9 Å². The summed E-state index contributed by atoms with van der Waals surface area (Å²) in [6, 6.07) is 5.43. The maximum Gasteiger partial charge on any atom is 0.335 e. The number of carboxylic acid groups (broad SMARTS) is 1. The maximum absolute atomic E-state index is 10.9. The summed E-state index contributed by atoms with van der Waals surface area (Å²) in [5.74, 6) is -0.860. The molecule has 2 rings (SSSR count). The van der Waals surface area contributed by atoms with E-state index in [4.69, 9.17) is 5.11 Å². The molecule has 1 aliphatic rings. The molecule has 0 spiro atoms. The van der Waals surface area contributed by atoms with E-state index in [0.29, 0.717) is 11.0 Å². The molecule has 0 bridgehead atoms. The molecule has 1 fully saturated rings. The van der Waals surface area contributed by atoms with Gasteiger partial charge in [0.2, 0.25) is 0 Å². The minimum Gasteiger partial charge on any atom is -0.478 e. The summed E-state index contributed by atoms with van der Waals surface area (Å²) >= 11 is 0. The van der Waals surface area contributed by atoms with E-state index in [2.05, 4.69) is 12.2 Å². The number of aryl methyl sites for hydroxylation is 1. The highest BCUT2D eigenvalue weighted by atomic mass is 16.4. The smallest absolute Gasteiger partial charge is 0.335 e. The van der Waals surface area contributed by atoms with Gasteiger partial charge in [-0.1, -0.05) is 6.92 Å². The molecular formula is C14H19NO2. The normalized spacial score (nSPS) is 16.6. The lowest BCUT2D eigenvalue weighted by atomic mass is 10.0. The van der Waals surface area contributed by atoms with Gasteiger partial charge in [0, 0.05) is 12.2 Å². The number of nitrogens with one attached hydrogen (secondary N) is 1. The first-order valence-corrected chi connectivity index (χ1v) is 6.14. The second-order valence-electron chi connectivity index (χ2n) is 5.04. The molecule has 1 aromatic carbocycles. The molecule has 1 aliphatic carbocycles. The Kier molecular flexibility index (Phi) is 3.09. The highest BCUT2D eigenvalue weighted by Gasteiger charge is 2.40. The summed E-state index contributed by atoms with van der Waals surface area (Å²) < 4.78 is 0. The van der Waals surface area contributed by atoms with E-state index in [9.17, 15) is 4.79 Å². The lowest BCUT2D eigenvalue weighted by molar-refractivity contribution is 0.0696. The van der Waals surface area contributed by atoms with Crippen LogP contribution in [0.1, 0.15) is 42.1 Å². The highest BCUT2D eigenvalue weighted by Crippen LogP contribution is 2.48. The van der Waals surface area contributed by atoms with Gasteiger partial charge in [-0.2, -0.15) is 0 Å². The molecule has 0 atom stereocenters. The SMILES string of the molecule is CCC1(CNc2ccc(C(=O)O)c(C)c2)CC1. The van der Waals surface area contributed by atoms with Gasteiger partial charge in [-0.05, 0) is 55.4 Å². The molecule has 1 aromatic rings. The van der Waals surface area contributed by atoms with Crippen molar-refractivity contribution >= 4 is 11.7 Å². The molecule has 0 aliphatic heterocycles. The van der Waals surface area contributed by atoms with E-state index in [1.165, 1.54) is 19.3 Å². The molecule has 92 valence electrons. The van der Waals surface area contributed by atoms with E-state index >= 15 is 0 Å². The number of aromatic carboxylic acids is 1. The first kappa shape index (κ1) is 12.0. The van der Waals surface area contributed by atoms with E-state index < -0.39 is 5.97 Å². The summed E-state index contributed by atoms with van der Waals surface area (Å²) in [5.41, 5.74) is 2.71. The third-order valence-electron chi connectivity index (χ3n) is 3.83. The number of benzene rings is 1. The van der Waals surface area contributed by atoms with Gasteiger partial charge in [0.15, 0.2) is 0 Å². The molecule has 0 aromatic heterocycles. The Balaban J connectivity index is 2.03. The average molecular weight is 233 g/mol. The minimum atomic E-state index is -0.860. The minimum absolute atomic E-state index is 0.382. The zero-order chi connectivity index (χ0) is 12.5. The van der Waals surface area contributed by atoms with Crippen LogP contribution >= 0.6 is 0 Å². The van der Waals surface area contributed by atoms with Crippen molar-refractivity contribution in [1.82, 2.24) is 0 Å². The topological polar surface area (TPSA) is 49.3 Å². The molecule has 3 heteroatoms. The quantitative estimate of drug-likeness (QED) is 0.820. The number of anilines is 1. The van der Waals surface area contributed by atoms with Crippen molar-refractivity contribution < 1.29 is 9.90 Å². The summed E-state index contributed by atoms with van der Waals surface area (Å²) in [6.07, 6.45) is 3.83. The van der Waals surface area contributed by atoms with Gasteiger partial charge in [0.1, 0.15) is 0 Å². The Hall–Kier alpha value is -1.51. The Labute approximate surface area is 102 Å². The summed E-state index contributed by atoms with van der Waals surface area (Å²) in [4.78, 5) is 10.9. The largest absolute Gasteiger partial charge is 0.478 e. The van der Waals surface area contributed by atoms with Crippen molar-refractivity contribution in [3.8, 4) is 0 Å². The molecule has 3 nitrogen and oxygen atoms in total. The van der Waals surface area contributed by atoms with Crippen LogP contribution in [0.2, 0.25) is 0 Å². The van der Waals surface area contributed by atoms with E-state index in [-0.39, 0.29) is 0 Å². The molecule has 1 saturated carbocycles. The summed E-state index contributed by atoms with van der Waals surface area (Å²) in [5, 5.41) is 12.4. The third-order valence-corrected chi connectivity index (χ3v) is 3.83. The zero-order valence-electron chi connectivity index (χ0n) is 10.4. The zero-order valence-corrected chi connectivity index (χ0v) is 10.4. The van der Waals surface area contributed by atoms with Gasteiger partial charge >= 0.3 is 5.97 Å². The molecular weight excluding hydrogens is 214 g/mol. The van der Waals surface area contributed by atoms with Gasteiger partial charge in [0.25, 0.3) is 0 Å². The van der Waals surface area contributed by atoms with Gasteiger partial charge in [-0.3, -0.25) is 0 Å². The van der Waals surface area contributed by atoms with Crippen molar-refractivity contribution in [2.24, 2.45) is 5.41 Å². The fraction of sp³-hybridized carbons (Fsp3) is 0.500. The maximum atomic E-state index is 10.9.